The van der Waals surface area contributed by atoms with Crippen LogP contribution in [0.1, 0.15) is 35.0 Å². The highest BCUT2D eigenvalue weighted by molar-refractivity contribution is 6.30. The van der Waals surface area contributed by atoms with Gasteiger partial charge in [0, 0.05) is 11.6 Å². The van der Waals surface area contributed by atoms with E-state index in [1.54, 1.807) is 16.9 Å². The van der Waals surface area contributed by atoms with Crippen molar-refractivity contribution in [1.29, 1.82) is 0 Å². The van der Waals surface area contributed by atoms with Crippen molar-refractivity contribution in [2.75, 3.05) is 13.7 Å². The summed E-state index contributed by atoms with van der Waals surface area (Å²) < 4.78 is 11.8. The largest absolute Gasteiger partial charge is 0.482 e. The second kappa shape index (κ2) is 11.1. The normalized spacial score (nSPS) is 10.8. The number of carbonyl (C=O) groups excluding carboxylic acids is 2. The van der Waals surface area contributed by atoms with Crippen LogP contribution in [0.4, 0.5) is 0 Å². The molecule has 0 unspecified atom stereocenters. The second-order valence-corrected chi connectivity index (χ2v) is 8.47. The molecule has 1 heterocycles. The van der Waals surface area contributed by atoms with Gasteiger partial charge in [-0.1, -0.05) is 43.1 Å². The van der Waals surface area contributed by atoms with Crippen molar-refractivity contribution in [1.82, 2.24) is 15.1 Å². The van der Waals surface area contributed by atoms with E-state index in [4.69, 9.17) is 16.3 Å². The topological polar surface area (TPSA) is 82.4 Å². The van der Waals surface area contributed by atoms with Crippen molar-refractivity contribution < 1.29 is 19.1 Å². The van der Waals surface area contributed by atoms with Gasteiger partial charge in [0.15, 0.2) is 6.61 Å². The molecule has 180 valence electrons. The van der Waals surface area contributed by atoms with E-state index in [-0.39, 0.29) is 12.5 Å². The van der Waals surface area contributed by atoms with E-state index in [0.29, 0.717) is 22.9 Å². The maximum atomic E-state index is 13.0. The fraction of sp³-hybridized carbons (Fsp3) is 0.222. The van der Waals surface area contributed by atoms with Gasteiger partial charge in [-0.2, -0.15) is 5.10 Å². The number of amides is 1. The minimum Gasteiger partial charge on any atom is -0.482 e. The first-order chi connectivity index (χ1) is 17.0. The molecule has 4 rings (SSSR count). The maximum Gasteiger partial charge on any atom is 0.343 e. The van der Waals surface area contributed by atoms with Gasteiger partial charge in [0.05, 0.1) is 30.3 Å². The van der Waals surface area contributed by atoms with Crippen LogP contribution >= 0.6 is 11.6 Å². The van der Waals surface area contributed by atoms with Crippen LogP contribution in [-0.4, -0.2) is 35.4 Å². The summed E-state index contributed by atoms with van der Waals surface area (Å²) in [6.45, 7) is 2.32. The Labute approximate surface area is 208 Å². The lowest BCUT2D eigenvalue weighted by Gasteiger charge is -2.10. The standard InChI is InChI=1S/C27H26ClN3O4/c1-3-4-25-24(16-30-31(25)22-10-8-21(28)9-11-22)27(33)29-15-18-5-6-20-14-23(12-7-19(20)13-18)35-17-26(32)34-2/h5-14,16H,3-4,15,17H2,1-2H3,(H,29,33). The average Bonchev–Trinajstić information content (AvgIpc) is 3.30. The summed E-state index contributed by atoms with van der Waals surface area (Å²) in [6, 6.07) is 18.9. The smallest absolute Gasteiger partial charge is 0.343 e. The summed E-state index contributed by atoms with van der Waals surface area (Å²) in [5, 5.41) is 10.1. The number of carbonyl (C=O) groups is 2. The molecule has 0 radical (unpaired) electrons. The highest BCUT2D eigenvalue weighted by Gasteiger charge is 2.18. The number of fused-ring (bicyclic) bond motifs is 1. The summed E-state index contributed by atoms with van der Waals surface area (Å²) >= 11 is 6.01. The van der Waals surface area contributed by atoms with Gasteiger partial charge in [-0.3, -0.25) is 4.79 Å². The summed E-state index contributed by atoms with van der Waals surface area (Å²) in [7, 11) is 1.32. The predicted molar refractivity (Wildman–Crippen MR) is 135 cm³/mol. The summed E-state index contributed by atoms with van der Waals surface area (Å²) in [5.41, 5.74) is 3.26. The third kappa shape index (κ3) is 5.81. The molecular formula is C27H26ClN3O4. The van der Waals surface area contributed by atoms with Gasteiger partial charge in [-0.05, 0) is 65.2 Å². The SMILES string of the molecule is CCCc1c(C(=O)NCc2ccc3cc(OCC(=O)OC)ccc3c2)cnn1-c1ccc(Cl)cc1. The molecule has 0 saturated carbocycles. The van der Waals surface area contributed by atoms with Crippen molar-refractivity contribution >= 4 is 34.2 Å². The van der Waals surface area contributed by atoms with E-state index in [9.17, 15) is 9.59 Å². The molecule has 1 amide bonds. The molecule has 0 saturated heterocycles. The number of methoxy groups -OCH3 is 1. The van der Waals surface area contributed by atoms with E-state index < -0.39 is 5.97 Å². The monoisotopic (exact) mass is 491 g/mol. The van der Waals surface area contributed by atoms with Gasteiger partial charge in [-0.15, -0.1) is 0 Å². The zero-order valence-corrected chi connectivity index (χ0v) is 20.3. The van der Waals surface area contributed by atoms with Crippen molar-refractivity contribution in [3.63, 3.8) is 0 Å². The molecule has 3 aromatic carbocycles. The Kier molecular flexibility index (Phi) is 7.67. The molecule has 1 aromatic heterocycles. The van der Waals surface area contributed by atoms with Gasteiger partial charge in [0.1, 0.15) is 5.75 Å². The van der Waals surface area contributed by atoms with E-state index >= 15 is 0 Å². The van der Waals surface area contributed by atoms with Crippen LogP contribution < -0.4 is 10.1 Å². The predicted octanol–water partition coefficient (Wildman–Crippen LogP) is 5.11. The molecule has 35 heavy (non-hydrogen) atoms. The fourth-order valence-electron chi connectivity index (χ4n) is 3.80. The van der Waals surface area contributed by atoms with Crippen LogP contribution in [0.2, 0.25) is 5.02 Å². The lowest BCUT2D eigenvalue weighted by Crippen LogP contribution is -2.24. The number of halogens is 1. The van der Waals surface area contributed by atoms with Gasteiger partial charge in [0.25, 0.3) is 5.91 Å². The van der Waals surface area contributed by atoms with Crippen molar-refractivity contribution in [2.24, 2.45) is 0 Å². The Morgan fingerprint density at radius 2 is 1.77 bits per heavy atom. The van der Waals surface area contributed by atoms with E-state index in [2.05, 4.69) is 22.1 Å². The summed E-state index contributed by atoms with van der Waals surface area (Å²) in [6.07, 6.45) is 3.22. The van der Waals surface area contributed by atoms with Crippen LogP contribution in [0.25, 0.3) is 16.5 Å². The van der Waals surface area contributed by atoms with Crippen molar-refractivity contribution in [2.45, 2.75) is 26.3 Å². The number of benzene rings is 3. The molecule has 0 aliphatic rings. The minimum absolute atomic E-state index is 0.138. The minimum atomic E-state index is -0.433. The molecule has 0 fully saturated rings. The molecule has 0 atom stereocenters. The summed E-state index contributed by atoms with van der Waals surface area (Å²) in [5.74, 6) is -0.0117. The van der Waals surface area contributed by atoms with Gasteiger partial charge in [-0.25, -0.2) is 9.48 Å². The first-order valence-electron chi connectivity index (χ1n) is 11.3. The van der Waals surface area contributed by atoms with E-state index in [1.165, 1.54) is 7.11 Å². The lowest BCUT2D eigenvalue weighted by atomic mass is 10.1. The molecule has 7 nitrogen and oxygen atoms in total. The molecule has 0 spiro atoms. The first kappa shape index (κ1) is 24.3. The Hall–Kier alpha value is -3.84. The molecule has 0 aliphatic carbocycles. The third-order valence-electron chi connectivity index (χ3n) is 5.59. The molecule has 0 bridgehead atoms. The Balaban J connectivity index is 1.46. The number of nitrogens with one attached hydrogen (secondary N) is 1. The molecule has 1 N–H and O–H groups in total. The number of hydrogen-bond donors (Lipinski definition) is 1. The highest BCUT2D eigenvalue weighted by atomic mass is 35.5. The fourth-order valence-corrected chi connectivity index (χ4v) is 3.92. The number of ether oxygens (including phenoxy) is 2. The number of esters is 1. The Morgan fingerprint density at radius 3 is 2.51 bits per heavy atom. The highest BCUT2D eigenvalue weighted by Crippen LogP contribution is 2.23. The number of rotatable bonds is 9. The number of hydrogen-bond acceptors (Lipinski definition) is 5. The van der Waals surface area contributed by atoms with Crippen molar-refractivity contribution in [3.8, 4) is 11.4 Å². The second-order valence-electron chi connectivity index (χ2n) is 8.03. The first-order valence-corrected chi connectivity index (χ1v) is 11.7. The zero-order chi connectivity index (χ0) is 24.8. The molecular weight excluding hydrogens is 466 g/mol. The Morgan fingerprint density at radius 1 is 1.03 bits per heavy atom. The quantitative estimate of drug-likeness (QED) is 0.329. The van der Waals surface area contributed by atoms with Gasteiger partial charge in [0.2, 0.25) is 0 Å². The van der Waals surface area contributed by atoms with E-state index in [0.717, 1.165) is 40.6 Å². The van der Waals surface area contributed by atoms with Crippen LogP contribution in [-0.2, 0) is 22.5 Å². The van der Waals surface area contributed by atoms with E-state index in [1.807, 2.05) is 54.6 Å². The van der Waals surface area contributed by atoms with Gasteiger partial charge < -0.3 is 14.8 Å². The van der Waals surface area contributed by atoms with Crippen LogP contribution in [0.5, 0.6) is 5.75 Å². The number of nitrogens with zero attached hydrogens (tertiary/aromatic N) is 2. The zero-order valence-electron chi connectivity index (χ0n) is 19.6. The number of aromatic nitrogens is 2. The lowest BCUT2D eigenvalue weighted by molar-refractivity contribution is -0.142. The van der Waals surface area contributed by atoms with Crippen LogP contribution in [0.3, 0.4) is 0 Å². The molecule has 4 aromatic rings. The maximum absolute atomic E-state index is 13.0. The molecule has 8 heteroatoms. The van der Waals surface area contributed by atoms with Crippen molar-refractivity contribution in [3.05, 3.63) is 88.7 Å². The average molecular weight is 492 g/mol. The van der Waals surface area contributed by atoms with Crippen LogP contribution in [0, 0.1) is 0 Å². The third-order valence-corrected chi connectivity index (χ3v) is 5.84. The summed E-state index contributed by atoms with van der Waals surface area (Å²) in [4.78, 5) is 24.3. The molecule has 0 aliphatic heterocycles. The Bertz CT molecular complexity index is 1350. The van der Waals surface area contributed by atoms with Crippen LogP contribution in [0.15, 0.2) is 66.9 Å². The van der Waals surface area contributed by atoms with Gasteiger partial charge >= 0.3 is 5.97 Å².